The van der Waals surface area contributed by atoms with Gasteiger partial charge >= 0.3 is 0 Å². The summed E-state index contributed by atoms with van der Waals surface area (Å²) < 4.78 is 32.4. The molecule has 4 rings (SSSR count). The van der Waals surface area contributed by atoms with Crippen LogP contribution >= 0.6 is 0 Å². The smallest absolute Gasteiger partial charge is 0.230 e. The molecule has 4 heterocycles. The summed E-state index contributed by atoms with van der Waals surface area (Å²) in [7, 11) is -1.15. The van der Waals surface area contributed by atoms with Crippen molar-refractivity contribution in [2.75, 3.05) is 46.1 Å². The van der Waals surface area contributed by atoms with Crippen molar-refractivity contribution in [1.82, 2.24) is 14.1 Å². The molecule has 0 aliphatic carbocycles. The zero-order valence-corrected chi connectivity index (χ0v) is 17.6. The summed E-state index contributed by atoms with van der Waals surface area (Å²) in [5.74, 6) is 0.171. The molecule has 0 aromatic rings. The Morgan fingerprint density at radius 2 is 1.89 bits per heavy atom. The highest BCUT2D eigenvalue weighted by Gasteiger charge is 2.62. The van der Waals surface area contributed by atoms with Crippen molar-refractivity contribution >= 4 is 15.9 Å². The van der Waals surface area contributed by atoms with E-state index in [9.17, 15) is 13.2 Å². The van der Waals surface area contributed by atoms with Gasteiger partial charge in [0, 0.05) is 38.3 Å². The molecule has 1 spiro atoms. The molecular weight excluding hydrogens is 366 g/mol. The van der Waals surface area contributed by atoms with Crippen LogP contribution < -0.4 is 0 Å². The fraction of sp³-hybridized carbons (Fsp3) is 0.947. The Bertz CT molecular complexity index is 704. The van der Waals surface area contributed by atoms with Crippen molar-refractivity contribution in [3.05, 3.63) is 0 Å². The summed E-state index contributed by atoms with van der Waals surface area (Å²) in [5, 5.41) is 0. The maximum Gasteiger partial charge on any atom is 0.230 e. The van der Waals surface area contributed by atoms with Gasteiger partial charge in [-0.3, -0.25) is 4.79 Å². The van der Waals surface area contributed by atoms with E-state index in [0.29, 0.717) is 25.9 Å². The number of sulfonamides is 1. The molecule has 8 heteroatoms. The van der Waals surface area contributed by atoms with Crippen LogP contribution in [0.25, 0.3) is 0 Å². The number of hydrogen-bond donors (Lipinski definition) is 0. The lowest BCUT2D eigenvalue weighted by molar-refractivity contribution is -0.157. The number of hydrogen-bond acceptors (Lipinski definition) is 5. The number of ether oxygens (including phenoxy) is 1. The van der Waals surface area contributed by atoms with Gasteiger partial charge in [-0.05, 0) is 45.6 Å². The van der Waals surface area contributed by atoms with E-state index in [2.05, 4.69) is 11.9 Å². The summed E-state index contributed by atoms with van der Waals surface area (Å²) in [6.45, 7) is 6.13. The van der Waals surface area contributed by atoms with Gasteiger partial charge < -0.3 is 14.5 Å². The zero-order chi connectivity index (χ0) is 19.4. The molecule has 1 amide bonds. The van der Waals surface area contributed by atoms with Crippen LogP contribution in [0.5, 0.6) is 0 Å². The second-order valence-corrected chi connectivity index (χ2v) is 11.0. The quantitative estimate of drug-likeness (QED) is 0.705. The maximum absolute atomic E-state index is 13.6. The molecule has 2 bridgehead atoms. The first-order chi connectivity index (χ1) is 12.7. The fourth-order valence-corrected chi connectivity index (χ4v) is 7.65. The number of likely N-dealkylation sites (tertiary alicyclic amines) is 1. The maximum atomic E-state index is 13.6. The summed E-state index contributed by atoms with van der Waals surface area (Å²) in [6, 6.07) is -0.164. The van der Waals surface area contributed by atoms with E-state index in [1.165, 1.54) is 6.26 Å². The molecule has 4 aliphatic rings. The third-order valence-corrected chi connectivity index (χ3v) is 8.84. The third kappa shape index (κ3) is 3.12. The molecule has 0 radical (unpaired) electrons. The molecule has 4 aliphatic heterocycles. The first-order valence-corrected chi connectivity index (χ1v) is 12.2. The largest absolute Gasteiger partial charge is 0.372 e. The lowest BCUT2D eigenvalue weighted by Gasteiger charge is -2.48. The third-order valence-electron chi connectivity index (χ3n) is 7.52. The minimum Gasteiger partial charge on any atom is -0.372 e. The van der Waals surface area contributed by atoms with Gasteiger partial charge in [-0.2, -0.15) is 4.31 Å². The van der Waals surface area contributed by atoms with Crippen LogP contribution in [0, 0.1) is 5.41 Å². The van der Waals surface area contributed by atoms with Crippen LogP contribution in [0.15, 0.2) is 0 Å². The van der Waals surface area contributed by atoms with Crippen molar-refractivity contribution in [3.63, 3.8) is 0 Å². The molecule has 4 fully saturated rings. The Hall–Kier alpha value is -0.700. The molecule has 4 saturated heterocycles. The van der Waals surface area contributed by atoms with Gasteiger partial charge in [-0.25, -0.2) is 8.42 Å². The van der Waals surface area contributed by atoms with Crippen molar-refractivity contribution in [2.45, 2.75) is 63.1 Å². The van der Waals surface area contributed by atoms with E-state index in [0.717, 1.165) is 45.4 Å². The van der Waals surface area contributed by atoms with Crippen LogP contribution in [0.3, 0.4) is 0 Å². The Kier molecular flexibility index (Phi) is 4.85. The number of fused-ring (bicyclic) bond motifs is 2. The topological polar surface area (TPSA) is 70.2 Å². The van der Waals surface area contributed by atoms with Crippen LogP contribution in [0.4, 0.5) is 0 Å². The summed E-state index contributed by atoms with van der Waals surface area (Å²) in [4.78, 5) is 17.9. The Morgan fingerprint density at radius 3 is 2.44 bits per heavy atom. The van der Waals surface area contributed by atoms with E-state index >= 15 is 0 Å². The van der Waals surface area contributed by atoms with E-state index in [-0.39, 0.29) is 23.6 Å². The standard InChI is InChI=1S/C19H33N3O4S/c1-4-19(13-15-5-6-16(19)22(15)27(3,24)25)17(23)21-9-7-18(8-10-21)14-20(2)11-12-26-18/h15-16H,4-14H2,1-3H3/t15-,16+,19+/m1/s1. The fourth-order valence-electron chi connectivity index (χ4n) is 6.16. The number of piperidine rings is 1. The van der Waals surface area contributed by atoms with Crippen LogP contribution in [0.2, 0.25) is 0 Å². The molecule has 3 atom stereocenters. The lowest BCUT2D eigenvalue weighted by atomic mass is 9.70. The second-order valence-electron chi connectivity index (χ2n) is 9.12. The lowest BCUT2D eigenvalue weighted by Crippen LogP contribution is -2.59. The van der Waals surface area contributed by atoms with Gasteiger partial charge in [0.2, 0.25) is 15.9 Å². The van der Waals surface area contributed by atoms with Crippen molar-refractivity contribution in [2.24, 2.45) is 5.41 Å². The summed E-state index contributed by atoms with van der Waals surface area (Å²) in [6.07, 6.45) is 6.11. The highest BCUT2D eigenvalue weighted by molar-refractivity contribution is 7.88. The SMILES string of the molecule is CC[C@]1(C(=O)N2CCC3(CC2)CN(C)CCO3)C[C@H]2CC[C@@H]1N2S(C)(=O)=O. The number of likely N-dealkylation sites (N-methyl/N-ethyl adjacent to an activating group) is 1. The van der Waals surface area contributed by atoms with E-state index in [1.54, 1.807) is 4.31 Å². The molecule has 7 nitrogen and oxygen atoms in total. The monoisotopic (exact) mass is 399 g/mol. The molecule has 0 aromatic heterocycles. The van der Waals surface area contributed by atoms with Gasteiger partial charge in [0.25, 0.3) is 0 Å². The highest BCUT2D eigenvalue weighted by atomic mass is 32.2. The molecule has 0 unspecified atom stereocenters. The molecule has 0 saturated carbocycles. The van der Waals surface area contributed by atoms with E-state index < -0.39 is 15.4 Å². The molecular formula is C19H33N3O4S. The predicted octanol–water partition coefficient (Wildman–Crippen LogP) is 0.902. The van der Waals surface area contributed by atoms with E-state index in [1.807, 2.05) is 11.8 Å². The normalized spacial score (nSPS) is 37.2. The van der Waals surface area contributed by atoms with Crippen LogP contribution in [-0.2, 0) is 19.6 Å². The minimum absolute atomic E-state index is 0.000334. The first-order valence-electron chi connectivity index (χ1n) is 10.3. The van der Waals surface area contributed by atoms with Gasteiger partial charge in [-0.15, -0.1) is 0 Å². The molecule has 0 aromatic carbocycles. The number of rotatable bonds is 3. The Labute approximate surface area is 163 Å². The van der Waals surface area contributed by atoms with Gasteiger partial charge in [0.05, 0.1) is 23.9 Å². The van der Waals surface area contributed by atoms with Crippen LogP contribution in [-0.4, -0.2) is 92.2 Å². The van der Waals surface area contributed by atoms with E-state index in [4.69, 9.17) is 4.74 Å². The van der Waals surface area contributed by atoms with Crippen molar-refractivity contribution in [3.8, 4) is 0 Å². The molecule has 27 heavy (non-hydrogen) atoms. The predicted molar refractivity (Wildman–Crippen MR) is 103 cm³/mol. The number of amides is 1. The molecule has 154 valence electrons. The zero-order valence-electron chi connectivity index (χ0n) is 16.8. The summed E-state index contributed by atoms with van der Waals surface area (Å²) >= 11 is 0. The van der Waals surface area contributed by atoms with Crippen molar-refractivity contribution in [1.29, 1.82) is 0 Å². The highest BCUT2D eigenvalue weighted by Crippen LogP contribution is 2.54. The van der Waals surface area contributed by atoms with Gasteiger partial charge in [0.15, 0.2) is 0 Å². The Balaban J connectivity index is 1.50. The van der Waals surface area contributed by atoms with Gasteiger partial charge in [-0.1, -0.05) is 6.92 Å². The van der Waals surface area contributed by atoms with Crippen molar-refractivity contribution < 1.29 is 17.9 Å². The number of carbonyl (C=O) groups excluding carboxylic acids is 1. The average Bonchev–Trinajstić information content (AvgIpc) is 3.18. The van der Waals surface area contributed by atoms with Crippen LogP contribution in [0.1, 0.15) is 45.4 Å². The summed E-state index contributed by atoms with van der Waals surface area (Å²) in [5.41, 5.74) is -0.655. The number of nitrogens with zero attached hydrogens (tertiary/aromatic N) is 3. The Morgan fingerprint density at radius 1 is 1.19 bits per heavy atom. The number of morpholine rings is 1. The van der Waals surface area contributed by atoms with Gasteiger partial charge in [0.1, 0.15) is 0 Å². The number of carbonyl (C=O) groups is 1. The minimum atomic E-state index is -3.28. The molecule has 0 N–H and O–H groups in total. The average molecular weight is 400 g/mol. The second kappa shape index (κ2) is 6.68. The first kappa shape index (κ1) is 19.6.